The van der Waals surface area contributed by atoms with Gasteiger partial charge in [-0.05, 0) is 80.6 Å². The summed E-state index contributed by atoms with van der Waals surface area (Å²) in [7, 11) is 0. The van der Waals surface area contributed by atoms with E-state index in [0.29, 0.717) is 17.5 Å². The number of nitrogens with zero attached hydrogens (tertiary/aromatic N) is 3. The van der Waals surface area contributed by atoms with E-state index in [9.17, 15) is 0 Å². The lowest BCUT2D eigenvalue weighted by atomic mass is 9.99. The van der Waals surface area contributed by atoms with Gasteiger partial charge in [-0.3, -0.25) is 0 Å². The van der Waals surface area contributed by atoms with Crippen LogP contribution in [0.1, 0.15) is 0 Å². The van der Waals surface area contributed by atoms with Gasteiger partial charge in [-0.15, -0.1) is 0 Å². The van der Waals surface area contributed by atoms with Gasteiger partial charge in [-0.25, -0.2) is 15.0 Å². The van der Waals surface area contributed by atoms with Crippen LogP contribution in [0.25, 0.3) is 100 Å². The highest BCUT2D eigenvalue weighted by Crippen LogP contribution is 2.36. The average molecular weight is 678 g/mol. The van der Waals surface area contributed by atoms with E-state index < -0.39 is 0 Å². The summed E-state index contributed by atoms with van der Waals surface area (Å²) in [6.45, 7) is 0. The van der Waals surface area contributed by atoms with E-state index in [2.05, 4.69) is 152 Å². The van der Waals surface area contributed by atoms with E-state index in [-0.39, 0.29) is 0 Å². The molecule has 0 saturated heterocycles. The Morgan fingerprint density at radius 3 is 1.53 bits per heavy atom. The van der Waals surface area contributed by atoms with Crippen molar-refractivity contribution in [2.75, 3.05) is 0 Å². The summed E-state index contributed by atoms with van der Waals surface area (Å²) in [6.07, 6.45) is 0. The third kappa shape index (κ3) is 5.82. The van der Waals surface area contributed by atoms with E-state index in [1.165, 1.54) is 27.5 Å². The number of aromatic nitrogens is 3. The second kappa shape index (κ2) is 12.9. The molecule has 0 N–H and O–H groups in total. The van der Waals surface area contributed by atoms with Gasteiger partial charge in [0, 0.05) is 27.5 Å². The molecule has 0 fully saturated rings. The quantitative estimate of drug-likeness (QED) is 0.176. The molecule has 2 heterocycles. The van der Waals surface area contributed by atoms with Gasteiger partial charge in [-0.1, -0.05) is 152 Å². The van der Waals surface area contributed by atoms with E-state index in [1.54, 1.807) is 0 Å². The third-order valence-electron chi connectivity index (χ3n) is 9.93. The molecule has 248 valence electrons. The van der Waals surface area contributed by atoms with Crippen molar-refractivity contribution < 1.29 is 4.42 Å². The summed E-state index contributed by atoms with van der Waals surface area (Å²) >= 11 is 0. The first-order valence-corrected chi connectivity index (χ1v) is 17.8. The van der Waals surface area contributed by atoms with Crippen LogP contribution < -0.4 is 0 Å². The largest absolute Gasteiger partial charge is 0.456 e. The molecule has 4 heteroatoms. The Morgan fingerprint density at radius 2 is 0.755 bits per heavy atom. The van der Waals surface area contributed by atoms with Crippen molar-refractivity contribution in [3.63, 3.8) is 0 Å². The topological polar surface area (TPSA) is 51.8 Å². The highest BCUT2D eigenvalue weighted by atomic mass is 16.3. The minimum absolute atomic E-state index is 0.618. The molecule has 0 aliphatic carbocycles. The van der Waals surface area contributed by atoms with Crippen LogP contribution in [0, 0.1) is 0 Å². The van der Waals surface area contributed by atoms with E-state index in [1.807, 2.05) is 36.4 Å². The van der Waals surface area contributed by atoms with Crippen molar-refractivity contribution in [2.24, 2.45) is 0 Å². The summed E-state index contributed by atoms with van der Waals surface area (Å²) in [5.74, 6) is 1.88. The van der Waals surface area contributed by atoms with Gasteiger partial charge in [0.25, 0.3) is 0 Å². The Bertz CT molecular complexity index is 2930. The Hall–Kier alpha value is -7.17. The van der Waals surface area contributed by atoms with Crippen molar-refractivity contribution in [3.8, 4) is 67.5 Å². The van der Waals surface area contributed by atoms with Crippen molar-refractivity contribution in [3.05, 3.63) is 188 Å². The van der Waals surface area contributed by atoms with Crippen molar-refractivity contribution in [1.82, 2.24) is 15.0 Å². The first-order chi connectivity index (χ1) is 26.2. The monoisotopic (exact) mass is 677 g/mol. The Morgan fingerprint density at radius 1 is 0.264 bits per heavy atom. The molecule has 0 atom stereocenters. The van der Waals surface area contributed by atoms with Gasteiger partial charge in [0.1, 0.15) is 11.2 Å². The first-order valence-electron chi connectivity index (χ1n) is 17.8. The fraction of sp³-hybridized carbons (Fsp3) is 0. The Labute approximate surface area is 306 Å². The number of hydrogen-bond donors (Lipinski definition) is 0. The summed E-state index contributed by atoms with van der Waals surface area (Å²) < 4.78 is 6.37. The van der Waals surface area contributed by atoms with Crippen LogP contribution in [-0.2, 0) is 0 Å². The number of furan rings is 1. The van der Waals surface area contributed by atoms with Crippen LogP contribution in [0.5, 0.6) is 0 Å². The maximum Gasteiger partial charge on any atom is 0.164 e. The molecule has 53 heavy (non-hydrogen) atoms. The van der Waals surface area contributed by atoms with Crippen LogP contribution >= 0.6 is 0 Å². The molecular weight excluding hydrogens is 647 g/mol. The predicted molar refractivity (Wildman–Crippen MR) is 217 cm³/mol. The van der Waals surface area contributed by atoms with Crippen LogP contribution in [0.2, 0.25) is 0 Å². The summed E-state index contributed by atoms with van der Waals surface area (Å²) in [6, 6.07) is 65.3. The number of hydrogen-bond acceptors (Lipinski definition) is 4. The molecule has 10 aromatic rings. The molecule has 4 nitrogen and oxygen atoms in total. The molecule has 0 aliphatic rings. The molecule has 10 rings (SSSR count). The molecule has 0 aliphatic heterocycles. The fourth-order valence-corrected chi connectivity index (χ4v) is 7.14. The van der Waals surface area contributed by atoms with Crippen LogP contribution in [0.3, 0.4) is 0 Å². The zero-order valence-electron chi connectivity index (χ0n) is 28.6. The number of benzene rings is 8. The van der Waals surface area contributed by atoms with Gasteiger partial charge >= 0.3 is 0 Å². The molecule has 0 bridgehead atoms. The van der Waals surface area contributed by atoms with Gasteiger partial charge in [0.2, 0.25) is 0 Å². The van der Waals surface area contributed by atoms with Crippen LogP contribution in [0.4, 0.5) is 0 Å². The zero-order chi connectivity index (χ0) is 35.1. The molecule has 8 aromatic carbocycles. The van der Waals surface area contributed by atoms with Gasteiger partial charge in [0.15, 0.2) is 17.5 Å². The summed E-state index contributed by atoms with van der Waals surface area (Å²) in [5.41, 5.74) is 11.3. The Balaban J connectivity index is 1.02. The summed E-state index contributed by atoms with van der Waals surface area (Å²) in [5, 5.41) is 4.66. The predicted octanol–water partition coefficient (Wildman–Crippen LogP) is 12.9. The maximum absolute atomic E-state index is 6.37. The lowest BCUT2D eigenvalue weighted by Gasteiger charge is -2.10. The standard InChI is InChI=1S/C49H31N3O/c1-3-10-32(11-4-1)40-25-27-45-44(30-40)43-26-24-41(31-46(43)53-45)38-16-9-17-42(29-38)49-51-47(35-13-5-2-6-14-35)50-48(52-49)36-21-18-34(19-22-36)39-23-20-33-12-7-8-15-37(33)28-39/h1-31H. The van der Waals surface area contributed by atoms with Crippen LogP contribution in [0.15, 0.2) is 192 Å². The minimum atomic E-state index is 0.618. The van der Waals surface area contributed by atoms with Crippen LogP contribution in [-0.4, -0.2) is 15.0 Å². The normalized spacial score (nSPS) is 11.4. The van der Waals surface area contributed by atoms with Crippen molar-refractivity contribution in [2.45, 2.75) is 0 Å². The number of rotatable bonds is 6. The molecule has 0 spiro atoms. The lowest BCUT2D eigenvalue weighted by molar-refractivity contribution is 0.669. The Kier molecular flexibility index (Phi) is 7.43. The molecule has 0 unspecified atom stereocenters. The van der Waals surface area contributed by atoms with E-state index in [4.69, 9.17) is 19.4 Å². The molecular formula is C49H31N3O. The summed E-state index contributed by atoms with van der Waals surface area (Å²) in [4.78, 5) is 15.0. The second-order valence-electron chi connectivity index (χ2n) is 13.3. The average Bonchev–Trinajstić information content (AvgIpc) is 3.61. The van der Waals surface area contributed by atoms with Crippen molar-refractivity contribution >= 4 is 32.7 Å². The molecule has 0 saturated carbocycles. The van der Waals surface area contributed by atoms with E-state index in [0.717, 1.165) is 55.3 Å². The fourth-order valence-electron chi connectivity index (χ4n) is 7.14. The van der Waals surface area contributed by atoms with Gasteiger partial charge in [-0.2, -0.15) is 0 Å². The molecule has 0 amide bonds. The van der Waals surface area contributed by atoms with Gasteiger partial charge in [0.05, 0.1) is 0 Å². The highest BCUT2D eigenvalue weighted by molar-refractivity contribution is 6.07. The molecule has 0 radical (unpaired) electrons. The van der Waals surface area contributed by atoms with E-state index >= 15 is 0 Å². The highest BCUT2D eigenvalue weighted by Gasteiger charge is 2.15. The zero-order valence-corrected chi connectivity index (χ0v) is 28.6. The maximum atomic E-state index is 6.37. The van der Waals surface area contributed by atoms with Gasteiger partial charge < -0.3 is 4.42 Å². The second-order valence-corrected chi connectivity index (χ2v) is 13.3. The molecule has 2 aromatic heterocycles. The minimum Gasteiger partial charge on any atom is -0.456 e. The van der Waals surface area contributed by atoms with Crippen molar-refractivity contribution in [1.29, 1.82) is 0 Å². The smallest absolute Gasteiger partial charge is 0.164 e. The first kappa shape index (κ1) is 30.6. The lowest BCUT2D eigenvalue weighted by Crippen LogP contribution is -2.00. The number of fused-ring (bicyclic) bond motifs is 4. The SMILES string of the molecule is c1ccc(-c2ccc3oc4cc(-c5cccc(-c6nc(-c7ccccc7)nc(-c7ccc(-c8ccc9ccccc9c8)cc7)n6)c5)ccc4c3c2)cc1. The third-order valence-corrected chi connectivity index (χ3v) is 9.93.